The number of rotatable bonds is 3. The molecule has 5 nitrogen and oxygen atoms in total. The van der Waals surface area contributed by atoms with Gasteiger partial charge in [0.15, 0.2) is 0 Å². The predicted molar refractivity (Wildman–Crippen MR) is 74.4 cm³/mol. The molecular formula is C13H18F3N3O2S. The number of pyridine rings is 1. The van der Waals surface area contributed by atoms with Crippen molar-refractivity contribution in [1.29, 1.82) is 0 Å². The average molecular weight is 337 g/mol. The monoisotopic (exact) mass is 337 g/mol. The third-order valence-corrected chi connectivity index (χ3v) is 5.68. The minimum absolute atomic E-state index is 0.0472. The lowest BCUT2D eigenvalue weighted by Gasteiger charge is -2.33. The van der Waals surface area contributed by atoms with Crippen molar-refractivity contribution in [3.63, 3.8) is 0 Å². The van der Waals surface area contributed by atoms with E-state index in [1.54, 1.807) is 0 Å². The van der Waals surface area contributed by atoms with Crippen LogP contribution in [0.5, 0.6) is 0 Å². The molecule has 2 unspecified atom stereocenters. The summed E-state index contributed by atoms with van der Waals surface area (Å²) in [7, 11) is -3.84. The molecule has 1 fully saturated rings. The van der Waals surface area contributed by atoms with Crippen molar-refractivity contribution < 1.29 is 21.6 Å². The molecule has 2 atom stereocenters. The van der Waals surface area contributed by atoms with Crippen LogP contribution in [0, 0.1) is 5.92 Å². The Bertz CT molecular complexity index is 614. The van der Waals surface area contributed by atoms with Gasteiger partial charge in [-0.15, -0.1) is 0 Å². The Morgan fingerprint density at radius 1 is 1.41 bits per heavy atom. The molecule has 0 spiro atoms. The Kier molecular flexibility index (Phi) is 4.78. The molecule has 22 heavy (non-hydrogen) atoms. The molecule has 1 aliphatic heterocycles. The van der Waals surface area contributed by atoms with Gasteiger partial charge in [-0.05, 0) is 37.8 Å². The smallest absolute Gasteiger partial charge is 0.328 e. The molecule has 0 amide bonds. The Balaban J connectivity index is 2.23. The SMILES string of the molecule is CC(N)C1CCCN(S(=O)(=O)c2ccc(C(F)(F)F)nc2)C1. The van der Waals surface area contributed by atoms with Gasteiger partial charge in [0.25, 0.3) is 0 Å². The van der Waals surface area contributed by atoms with E-state index in [9.17, 15) is 21.6 Å². The van der Waals surface area contributed by atoms with E-state index in [0.717, 1.165) is 18.7 Å². The fraction of sp³-hybridized carbons (Fsp3) is 0.615. The molecule has 2 rings (SSSR count). The minimum Gasteiger partial charge on any atom is -0.328 e. The number of hydrogen-bond acceptors (Lipinski definition) is 4. The fourth-order valence-electron chi connectivity index (χ4n) is 2.47. The quantitative estimate of drug-likeness (QED) is 0.913. The van der Waals surface area contributed by atoms with Crippen LogP contribution in [0.2, 0.25) is 0 Å². The van der Waals surface area contributed by atoms with Gasteiger partial charge in [-0.1, -0.05) is 0 Å². The molecule has 2 heterocycles. The molecule has 1 saturated heterocycles. The van der Waals surface area contributed by atoms with Crippen LogP contribution in [0.4, 0.5) is 13.2 Å². The summed E-state index contributed by atoms with van der Waals surface area (Å²) in [4.78, 5) is 2.98. The van der Waals surface area contributed by atoms with Gasteiger partial charge in [-0.2, -0.15) is 17.5 Å². The zero-order valence-corrected chi connectivity index (χ0v) is 12.9. The maximum atomic E-state index is 12.5. The number of nitrogens with two attached hydrogens (primary N) is 1. The Hall–Kier alpha value is -1.19. The van der Waals surface area contributed by atoms with Crippen molar-refractivity contribution in [2.75, 3.05) is 13.1 Å². The van der Waals surface area contributed by atoms with Gasteiger partial charge >= 0.3 is 6.18 Å². The maximum Gasteiger partial charge on any atom is 0.433 e. The normalized spacial score (nSPS) is 22.5. The Labute approximate surface area is 127 Å². The van der Waals surface area contributed by atoms with E-state index in [2.05, 4.69) is 4.98 Å². The van der Waals surface area contributed by atoms with Crippen molar-refractivity contribution in [3.8, 4) is 0 Å². The van der Waals surface area contributed by atoms with E-state index >= 15 is 0 Å². The van der Waals surface area contributed by atoms with Crippen LogP contribution < -0.4 is 5.73 Å². The maximum absolute atomic E-state index is 12.5. The summed E-state index contributed by atoms with van der Waals surface area (Å²) in [6.45, 7) is 2.44. The number of hydrogen-bond donors (Lipinski definition) is 1. The standard InChI is InChI=1S/C13H18F3N3O2S/c1-9(17)10-3-2-6-19(8-10)22(20,21)11-4-5-12(18-7-11)13(14,15)16/h4-5,7,9-10H,2-3,6,8,17H2,1H3. The molecule has 1 aliphatic rings. The molecule has 2 N–H and O–H groups in total. The molecule has 124 valence electrons. The van der Waals surface area contributed by atoms with Crippen molar-refractivity contribution in [3.05, 3.63) is 24.0 Å². The van der Waals surface area contributed by atoms with Crippen LogP contribution in [-0.4, -0.2) is 36.8 Å². The van der Waals surface area contributed by atoms with Crippen LogP contribution in [0.25, 0.3) is 0 Å². The summed E-state index contributed by atoms with van der Waals surface area (Å²) >= 11 is 0. The van der Waals surface area contributed by atoms with E-state index in [0.29, 0.717) is 19.0 Å². The lowest BCUT2D eigenvalue weighted by Crippen LogP contribution is -2.44. The van der Waals surface area contributed by atoms with Gasteiger partial charge in [0.05, 0.1) is 0 Å². The summed E-state index contributed by atoms with van der Waals surface area (Å²) < 4.78 is 63.7. The third kappa shape index (κ3) is 3.58. The molecule has 1 aromatic heterocycles. The average Bonchev–Trinajstić information content (AvgIpc) is 2.46. The second kappa shape index (κ2) is 6.13. The van der Waals surface area contributed by atoms with Gasteiger partial charge in [-0.25, -0.2) is 8.42 Å². The molecule has 0 radical (unpaired) electrons. The van der Waals surface area contributed by atoms with E-state index in [1.807, 2.05) is 6.92 Å². The minimum atomic E-state index is -4.59. The molecule has 1 aromatic rings. The summed E-state index contributed by atoms with van der Waals surface area (Å²) in [5, 5.41) is 0. The lowest BCUT2D eigenvalue weighted by atomic mass is 9.93. The number of sulfonamides is 1. The molecular weight excluding hydrogens is 319 g/mol. The first-order chi connectivity index (χ1) is 10.1. The van der Waals surface area contributed by atoms with Crippen molar-refractivity contribution in [2.45, 2.75) is 36.9 Å². The predicted octanol–water partition coefficient (Wildman–Crippen LogP) is 1.85. The van der Waals surface area contributed by atoms with E-state index in [1.165, 1.54) is 4.31 Å². The van der Waals surface area contributed by atoms with E-state index in [-0.39, 0.29) is 23.4 Å². The van der Waals surface area contributed by atoms with Gasteiger partial charge in [0.2, 0.25) is 10.0 Å². The highest BCUT2D eigenvalue weighted by molar-refractivity contribution is 7.89. The van der Waals surface area contributed by atoms with Crippen LogP contribution in [0.15, 0.2) is 23.2 Å². The Morgan fingerprint density at radius 2 is 2.09 bits per heavy atom. The first-order valence-corrected chi connectivity index (χ1v) is 8.35. The molecule has 0 aromatic carbocycles. The largest absolute Gasteiger partial charge is 0.433 e. The summed E-state index contributed by atoms with van der Waals surface area (Å²) in [6.07, 6.45) is -2.31. The molecule has 0 aliphatic carbocycles. The Morgan fingerprint density at radius 3 is 2.59 bits per heavy atom. The number of piperidine rings is 1. The topological polar surface area (TPSA) is 76.3 Å². The van der Waals surface area contributed by atoms with Gasteiger partial charge in [0.1, 0.15) is 10.6 Å². The van der Waals surface area contributed by atoms with E-state index in [4.69, 9.17) is 5.73 Å². The van der Waals surface area contributed by atoms with E-state index < -0.39 is 21.9 Å². The number of halogens is 3. The lowest BCUT2D eigenvalue weighted by molar-refractivity contribution is -0.141. The highest BCUT2D eigenvalue weighted by Gasteiger charge is 2.35. The third-order valence-electron chi connectivity index (χ3n) is 3.83. The summed E-state index contributed by atoms with van der Waals surface area (Å²) in [6, 6.07) is 1.49. The second-order valence-corrected chi connectivity index (χ2v) is 7.44. The molecule has 9 heteroatoms. The highest BCUT2D eigenvalue weighted by atomic mass is 32.2. The number of aromatic nitrogens is 1. The summed E-state index contributed by atoms with van der Waals surface area (Å²) in [5.41, 5.74) is 4.71. The number of nitrogens with zero attached hydrogens (tertiary/aromatic N) is 2. The van der Waals surface area contributed by atoms with Crippen molar-refractivity contribution in [1.82, 2.24) is 9.29 Å². The zero-order chi connectivity index (χ0) is 16.5. The number of alkyl halides is 3. The van der Waals surface area contributed by atoms with Crippen LogP contribution in [0.3, 0.4) is 0 Å². The first-order valence-electron chi connectivity index (χ1n) is 6.91. The first kappa shape index (κ1) is 17.2. The van der Waals surface area contributed by atoms with Crippen LogP contribution >= 0.6 is 0 Å². The van der Waals surface area contributed by atoms with Gasteiger partial charge in [0, 0.05) is 25.3 Å². The second-order valence-electron chi connectivity index (χ2n) is 5.50. The van der Waals surface area contributed by atoms with Crippen molar-refractivity contribution in [2.24, 2.45) is 11.7 Å². The highest BCUT2D eigenvalue weighted by Crippen LogP contribution is 2.29. The fourth-order valence-corrected chi connectivity index (χ4v) is 3.95. The van der Waals surface area contributed by atoms with Gasteiger partial charge in [-0.3, -0.25) is 4.98 Å². The summed E-state index contributed by atoms with van der Waals surface area (Å²) in [5.74, 6) is 0.0472. The molecule has 0 bridgehead atoms. The van der Waals surface area contributed by atoms with Crippen LogP contribution in [-0.2, 0) is 16.2 Å². The van der Waals surface area contributed by atoms with Crippen molar-refractivity contribution >= 4 is 10.0 Å². The van der Waals surface area contributed by atoms with Gasteiger partial charge < -0.3 is 5.73 Å². The van der Waals surface area contributed by atoms with Crippen LogP contribution in [0.1, 0.15) is 25.5 Å². The molecule has 0 saturated carbocycles. The zero-order valence-electron chi connectivity index (χ0n) is 12.0.